The van der Waals surface area contributed by atoms with Crippen LogP contribution in [0.5, 0.6) is 5.75 Å². The molecule has 0 spiro atoms. The van der Waals surface area contributed by atoms with Crippen molar-refractivity contribution in [2.45, 2.75) is 0 Å². The summed E-state index contributed by atoms with van der Waals surface area (Å²) in [4.78, 5) is 3.93. The number of hydrazone groups is 1. The lowest BCUT2D eigenvalue weighted by molar-refractivity contribution is 0.415. The standard InChI is InChI=1S/C10H11N5OS/c1-16-8-4-2-3-7(5-8)6-11-13-9-12-10(17)15-14-9/h2-6H,1H3,(H3,12,13,14,15,17)/b11-6-. The number of anilines is 1. The molecule has 0 aliphatic carbocycles. The van der Waals surface area contributed by atoms with Crippen LogP contribution in [0.1, 0.15) is 5.56 Å². The van der Waals surface area contributed by atoms with Gasteiger partial charge in [-0.1, -0.05) is 12.1 Å². The number of aromatic nitrogens is 3. The van der Waals surface area contributed by atoms with E-state index in [-0.39, 0.29) is 0 Å². The maximum absolute atomic E-state index is 5.10. The average molecular weight is 249 g/mol. The van der Waals surface area contributed by atoms with Crippen LogP contribution in [0.2, 0.25) is 0 Å². The molecule has 6 nitrogen and oxygen atoms in total. The van der Waals surface area contributed by atoms with Crippen LogP contribution in [0, 0.1) is 4.77 Å². The molecule has 0 amide bonds. The molecule has 2 aromatic rings. The third kappa shape index (κ3) is 3.15. The van der Waals surface area contributed by atoms with Gasteiger partial charge in [-0.05, 0) is 29.9 Å². The van der Waals surface area contributed by atoms with E-state index >= 15 is 0 Å². The van der Waals surface area contributed by atoms with E-state index in [1.54, 1.807) is 13.3 Å². The highest BCUT2D eigenvalue weighted by Crippen LogP contribution is 2.10. The van der Waals surface area contributed by atoms with Crippen LogP contribution < -0.4 is 10.2 Å². The summed E-state index contributed by atoms with van der Waals surface area (Å²) in [7, 11) is 1.62. The minimum absolute atomic E-state index is 0.379. The van der Waals surface area contributed by atoms with Gasteiger partial charge in [0.1, 0.15) is 5.75 Å². The molecule has 0 saturated carbocycles. The Balaban J connectivity index is 2.02. The highest BCUT2D eigenvalue weighted by atomic mass is 32.1. The first kappa shape index (κ1) is 11.3. The molecule has 0 saturated heterocycles. The fourth-order valence-corrected chi connectivity index (χ4v) is 1.36. The first-order chi connectivity index (χ1) is 8.28. The number of hydrogen-bond acceptors (Lipinski definition) is 5. The minimum atomic E-state index is 0.379. The molecule has 0 radical (unpaired) electrons. The van der Waals surface area contributed by atoms with Gasteiger partial charge in [0.2, 0.25) is 10.7 Å². The number of ether oxygens (including phenoxy) is 1. The van der Waals surface area contributed by atoms with Crippen LogP contribution in [-0.4, -0.2) is 28.5 Å². The Morgan fingerprint density at radius 3 is 3.06 bits per heavy atom. The van der Waals surface area contributed by atoms with Gasteiger partial charge in [0.05, 0.1) is 13.3 Å². The van der Waals surface area contributed by atoms with Crippen LogP contribution >= 0.6 is 12.2 Å². The molecule has 2 rings (SSSR count). The van der Waals surface area contributed by atoms with Crippen LogP contribution in [0.3, 0.4) is 0 Å². The maximum atomic E-state index is 5.10. The Morgan fingerprint density at radius 2 is 2.35 bits per heavy atom. The summed E-state index contributed by atoms with van der Waals surface area (Å²) < 4.78 is 5.48. The number of nitrogens with one attached hydrogen (secondary N) is 3. The summed E-state index contributed by atoms with van der Waals surface area (Å²) >= 11 is 4.80. The Hall–Kier alpha value is -2.15. The third-order valence-corrected chi connectivity index (χ3v) is 2.17. The summed E-state index contributed by atoms with van der Waals surface area (Å²) in [6, 6.07) is 7.55. The molecule has 3 N–H and O–H groups in total. The summed E-state index contributed by atoms with van der Waals surface area (Å²) in [5.74, 6) is 1.25. The number of benzene rings is 1. The van der Waals surface area contributed by atoms with Crippen molar-refractivity contribution in [2.75, 3.05) is 12.5 Å². The molecular weight excluding hydrogens is 238 g/mol. The lowest BCUT2D eigenvalue weighted by atomic mass is 10.2. The second-order valence-electron chi connectivity index (χ2n) is 3.16. The summed E-state index contributed by atoms with van der Waals surface area (Å²) in [5.41, 5.74) is 3.64. The molecule has 0 bridgehead atoms. The monoisotopic (exact) mass is 249 g/mol. The number of H-pyrrole nitrogens is 2. The van der Waals surface area contributed by atoms with Gasteiger partial charge < -0.3 is 4.74 Å². The van der Waals surface area contributed by atoms with Crippen molar-refractivity contribution in [1.29, 1.82) is 0 Å². The van der Waals surface area contributed by atoms with Crippen LogP contribution in [0.15, 0.2) is 29.4 Å². The molecule has 0 aliphatic heterocycles. The van der Waals surface area contributed by atoms with Crippen LogP contribution in [-0.2, 0) is 0 Å². The molecule has 0 fully saturated rings. The third-order valence-electron chi connectivity index (χ3n) is 1.98. The Labute approximate surface area is 103 Å². The molecule has 1 heterocycles. The summed E-state index contributed by atoms with van der Waals surface area (Å²) in [5, 5.41) is 9.39. The van der Waals surface area contributed by atoms with E-state index in [0.29, 0.717) is 10.7 Å². The van der Waals surface area contributed by atoms with Crippen molar-refractivity contribution in [3.63, 3.8) is 0 Å². The van der Waals surface area contributed by atoms with Gasteiger partial charge in [0.15, 0.2) is 0 Å². The molecule has 7 heteroatoms. The van der Waals surface area contributed by atoms with E-state index in [9.17, 15) is 0 Å². The van der Waals surface area contributed by atoms with Crippen LogP contribution in [0.25, 0.3) is 0 Å². The van der Waals surface area contributed by atoms with Gasteiger partial charge >= 0.3 is 0 Å². The van der Waals surface area contributed by atoms with E-state index in [2.05, 4.69) is 25.7 Å². The zero-order chi connectivity index (χ0) is 12.1. The number of nitrogens with zero attached hydrogens (tertiary/aromatic N) is 2. The van der Waals surface area contributed by atoms with Gasteiger partial charge in [-0.15, -0.1) is 0 Å². The quantitative estimate of drug-likeness (QED) is 0.439. The summed E-state index contributed by atoms with van der Waals surface area (Å²) in [6.07, 6.45) is 1.66. The van der Waals surface area contributed by atoms with Gasteiger partial charge in [0.25, 0.3) is 0 Å². The van der Waals surface area contributed by atoms with Crippen molar-refractivity contribution >= 4 is 24.4 Å². The zero-order valence-electron chi connectivity index (χ0n) is 9.10. The Bertz CT molecular complexity index is 574. The van der Waals surface area contributed by atoms with Crippen molar-refractivity contribution in [3.8, 4) is 5.75 Å². The molecule has 17 heavy (non-hydrogen) atoms. The van der Waals surface area contributed by atoms with Crippen molar-refractivity contribution in [2.24, 2.45) is 5.10 Å². The molecule has 88 valence electrons. The van der Waals surface area contributed by atoms with E-state index in [0.717, 1.165) is 11.3 Å². The zero-order valence-corrected chi connectivity index (χ0v) is 9.91. The van der Waals surface area contributed by atoms with Crippen molar-refractivity contribution in [3.05, 3.63) is 34.6 Å². The fourth-order valence-electron chi connectivity index (χ4n) is 1.21. The predicted molar refractivity (Wildman–Crippen MR) is 68.0 cm³/mol. The molecule has 1 aromatic carbocycles. The molecular formula is C10H11N5OS. The van der Waals surface area contributed by atoms with Crippen molar-refractivity contribution in [1.82, 2.24) is 15.2 Å². The van der Waals surface area contributed by atoms with E-state index < -0.39 is 0 Å². The Kier molecular flexibility index (Phi) is 3.51. The summed E-state index contributed by atoms with van der Waals surface area (Å²) in [6.45, 7) is 0. The largest absolute Gasteiger partial charge is 0.497 e. The first-order valence-electron chi connectivity index (χ1n) is 4.86. The molecule has 0 unspecified atom stereocenters. The highest BCUT2D eigenvalue weighted by molar-refractivity contribution is 7.71. The molecule has 1 aromatic heterocycles. The van der Waals surface area contributed by atoms with Crippen LogP contribution in [0.4, 0.5) is 5.95 Å². The Morgan fingerprint density at radius 1 is 1.47 bits per heavy atom. The van der Waals surface area contributed by atoms with E-state index in [1.165, 1.54) is 0 Å². The fraction of sp³-hybridized carbons (Fsp3) is 0.100. The lowest BCUT2D eigenvalue weighted by Gasteiger charge is -1.99. The first-order valence-corrected chi connectivity index (χ1v) is 5.26. The number of methoxy groups -OCH3 is 1. The average Bonchev–Trinajstić information content (AvgIpc) is 2.75. The molecule has 0 aliphatic rings. The van der Waals surface area contributed by atoms with Gasteiger partial charge in [-0.2, -0.15) is 10.1 Å². The van der Waals surface area contributed by atoms with E-state index in [4.69, 9.17) is 17.0 Å². The number of aromatic amines is 2. The minimum Gasteiger partial charge on any atom is -0.497 e. The number of rotatable bonds is 4. The van der Waals surface area contributed by atoms with Gasteiger partial charge in [-0.25, -0.2) is 5.43 Å². The smallest absolute Gasteiger partial charge is 0.238 e. The van der Waals surface area contributed by atoms with E-state index in [1.807, 2.05) is 24.3 Å². The van der Waals surface area contributed by atoms with Gasteiger partial charge in [-0.3, -0.25) is 10.2 Å². The predicted octanol–water partition coefficient (Wildman–Crippen LogP) is 1.92. The van der Waals surface area contributed by atoms with Gasteiger partial charge in [0, 0.05) is 0 Å². The molecule has 0 atom stereocenters. The topological polar surface area (TPSA) is 78.1 Å². The second-order valence-corrected chi connectivity index (χ2v) is 3.55. The second kappa shape index (κ2) is 5.26. The van der Waals surface area contributed by atoms with Crippen molar-refractivity contribution < 1.29 is 4.74 Å². The maximum Gasteiger partial charge on any atom is 0.238 e. The lowest BCUT2D eigenvalue weighted by Crippen LogP contribution is -1.93. The normalized spacial score (nSPS) is 10.6. The SMILES string of the molecule is COc1cccc(/C=N\Nc2nc(=S)[nH][nH]2)c1. The highest BCUT2D eigenvalue weighted by Gasteiger charge is 1.93. The number of hydrogen-bond donors (Lipinski definition) is 3.